The van der Waals surface area contributed by atoms with Crippen LogP contribution in [0.2, 0.25) is 0 Å². The summed E-state index contributed by atoms with van der Waals surface area (Å²) in [5.41, 5.74) is 0.977. The van der Waals surface area contributed by atoms with Gasteiger partial charge in [0.1, 0.15) is 37.1 Å². The van der Waals surface area contributed by atoms with Gasteiger partial charge in [-0.1, -0.05) is 32.9 Å². The van der Waals surface area contributed by atoms with E-state index < -0.39 is 0 Å². The molecule has 0 saturated carbocycles. The van der Waals surface area contributed by atoms with Crippen molar-refractivity contribution in [2.45, 2.75) is 58.2 Å². The van der Waals surface area contributed by atoms with E-state index in [4.69, 9.17) is 18.9 Å². The number of thioether (sulfide) groups is 1. The van der Waals surface area contributed by atoms with Gasteiger partial charge in [0.05, 0.1) is 17.4 Å². The quantitative estimate of drug-likeness (QED) is 0.0773. The van der Waals surface area contributed by atoms with Gasteiger partial charge in [0.2, 0.25) is 0 Å². The number of Topliss-reactive ketones (excluding diaryl/α,β-unsaturated/α-hetero) is 2. The zero-order valence-electron chi connectivity index (χ0n) is 25.6. The molecule has 2 N–H and O–H groups in total. The fourth-order valence-corrected chi connectivity index (χ4v) is 4.72. The van der Waals surface area contributed by atoms with Gasteiger partial charge in [-0.15, -0.1) is 11.8 Å². The fourth-order valence-electron chi connectivity index (χ4n) is 3.57. The normalized spacial score (nSPS) is 13.3. The number of hydrogen-bond acceptors (Lipinski definition) is 10. The zero-order chi connectivity index (χ0) is 30.7. The van der Waals surface area contributed by atoms with Gasteiger partial charge in [0.25, 0.3) is 0 Å². The van der Waals surface area contributed by atoms with Crippen LogP contribution >= 0.6 is 24.4 Å². The molecule has 8 nitrogen and oxygen atoms in total. The maximum atomic E-state index is 12.5. The molecule has 0 fully saturated rings. The Hall–Kier alpha value is -2.40. The highest BCUT2D eigenvalue weighted by Gasteiger charge is 2.15. The lowest BCUT2D eigenvalue weighted by Gasteiger charge is -2.17. The molecule has 3 atom stereocenters. The Balaban J connectivity index is 1.50. The van der Waals surface area contributed by atoms with Crippen LogP contribution in [0, 0.1) is 11.8 Å². The largest absolute Gasteiger partial charge is 0.494 e. The fraction of sp³-hybridized carbons (Fsp3) is 0.562. The lowest BCUT2D eigenvalue weighted by molar-refractivity contribution is -0.126. The molecule has 3 unspecified atom stereocenters. The topological polar surface area (TPSA) is 95.1 Å². The second-order valence-electron chi connectivity index (χ2n) is 10.5. The third-order valence-corrected chi connectivity index (χ3v) is 7.67. The van der Waals surface area contributed by atoms with E-state index in [2.05, 4.69) is 30.2 Å². The molecule has 0 amide bonds. The van der Waals surface area contributed by atoms with Crippen molar-refractivity contribution in [1.29, 1.82) is 0 Å². The first-order valence-corrected chi connectivity index (χ1v) is 16.2. The Morgan fingerprint density at radius 2 is 1.45 bits per heavy atom. The van der Waals surface area contributed by atoms with Crippen molar-refractivity contribution in [1.82, 2.24) is 5.32 Å². The van der Waals surface area contributed by atoms with Crippen molar-refractivity contribution in [3.05, 3.63) is 48.5 Å². The first kappa shape index (κ1) is 35.8. The summed E-state index contributed by atoms with van der Waals surface area (Å²) in [4.78, 5) is 24.2. The maximum Gasteiger partial charge on any atom is 0.172 e. The van der Waals surface area contributed by atoms with Crippen LogP contribution < -0.4 is 24.8 Å². The SMILES string of the molecule is CC(S)Nc1cccc(OCCCCOCC(=O)C(C)CSC(C)NCCOc2cccc(OCC(=O)C(C)C)c2)c1. The molecule has 2 aromatic carbocycles. The number of hydrogen-bond donors (Lipinski definition) is 3. The molecule has 0 radical (unpaired) electrons. The maximum absolute atomic E-state index is 12.5. The van der Waals surface area contributed by atoms with E-state index in [-0.39, 0.29) is 47.4 Å². The summed E-state index contributed by atoms with van der Waals surface area (Å²) in [6, 6.07) is 15.1. The smallest absolute Gasteiger partial charge is 0.172 e. The van der Waals surface area contributed by atoms with Gasteiger partial charge in [-0.2, -0.15) is 12.6 Å². The molecular formula is C32H48N2O6S2. The van der Waals surface area contributed by atoms with Gasteiger partial charge in [-0.05, 0) is 51.0 Å². The number of ether oxygens (including phenoxy) is 4. The van der Waals surface area contributed by atoms with Crippen molar-refractivity contribution in [2.75, 3.05) is 50.6 Å². The molecule has 0 aliphatic rings. The lowest BCUT2D eigenvalue weighted by atomic mass is 10.1. The highest BCUT2D eigenvalue weighted by Crippen LogP contribution is 2.20. The monoisotopic (exact) mass is 620 g/mol. The molecule has 42 heavy (non-hydrogen) atoms. The molecule has 234 valence electrons. The average molecular weight is 621 g/mol. The van der Waals surface area contributed by atoms with E-state index in [0.29, 0.717) is 37.9 Å². The Morgan fingerprint density at radius 3 is 2.17 bits per heavy atom. The van der Waals surface area contributed by atoms with Crippen LogP contribution in [0.3, 0.4) is 0 Å². The Bertz CT molecular complexity index is 1070. The van der Waals surface area contributed by atoms with Crippen molar-refractivity contribution in [2.24, 2.45) is 11.8 Å². The number of thiol groups is 1. The minimum atomic E-state index is -0.0787. The first-order chi connectivity index (χ1) is 20.1. The highest BCUT2D eigenvalue weighted by atomic mass is 32.2. The Morgan fingerprint density at radius 1 is 0.810 bits per heavy atom. The second kappa shape index (κ2) is 20.5. The summed E-state index contributed by atoms with van der Waals surface area (Å²) in [6.45, 7) is 12.2. The van der Waals surface area contributed by atoms with E-state index in [1.807, 2.05) is 70.2 Å². The van der Waals surface area contributed by atoms with Crippen LogP contribution in [-0.4, -0.2) is 67.6 Å². The minimum Gasteiger partial charge on any atom is -0.494 e. The minimum absolute atomic E-state index is 0.0493. The van der Waals surface area contributed by atoms with Crippen LogP contribution in [0.15, 0.2) is 48.5 Å². The van der Waals surface area contributed by atoms with E-state index in [1.165, 1.54) is 0 Å². The molecule has 0 heterocycles. The van der Waals surface area contributed by atoms with Crippen molar-refractivity contribution >= 4 is 41.6 Å². The Labute approximate surface area is 261 Å². The first-order valence-electron chi connectivity index (χ1n) is 14.6. The number of carbonyl (C=O) groups excluding carboxylic acids is 2. The molecule has 0 spiro atoms. The third-order valence-electron chi connectivity index (χ3n) is 6.18. The summed E-state index contributed by atoms with van der Waals surface area (Å²) in [5.74, 6) is 2.91. The number of anilines is 1. The predicted molar refractivity (Wildman–Crippen MR) is 175 cm³/mol. The molecule has 0 bridgehead atoms. The molecule has 0 aliphatic heterocycles. The number of benzene rings is 2. The summed E-state index contributed by atoms with van der Waals surface area (Å²) in [6.07, 6.45) is 1.69. The van der Waals surface area contributed by atoms with Crippen LogP contribution in [0.1, 0.15) is 47.5 Å². The zero-order valence-corrected chi connectivity index (χ0v) is 27.3. The average Bonchev–Trinajstić information content (AvgIpc) is 2.96. The van der Waals surface area contributed by atoms with Gasteiger partial charge in [0.15, 0.2) is 11.6 Å². The molecular weight excluding hydrogens is 572 g/mol. The summed E-state index contributed by atoms with van der Waals surface area (Å²) < 4.78 is 22.8. The van der Waals surface area contributed by atoms with Crippen molar-refractivity contribution in [3.8, 4) is 17.2 Å². The van der Waals surface area contributed by atoms with Crippen LogP contribution in [0.25, 0.3) is 0 Å². The number of nitrogens with one attached hydrogen (secondary N) is 2. The van der Waals surface area contributed by atoms with E-state index in [9.17, 15) is 9.59 Å². The Kier molecular flexibility index (Phi) is 17.5. The lowest BCUT2D eigenvalue weighted by Crippen LogP contribution is -2.29. The second-order valence-corrected chi connectivity index (χ2v) is 12.6. The molecule has 0 saturated heterocycles. The van der Waals surface area contributed by atoms with Crippen LogP contribution in [0.5, 0.6) is 17.2 Å². The number of ketones is 2. The molecule has 0 aliphatic carbocycles. The molecule has 2 rings (SSSR count). The number of carbonyl (C=O) groups is 2. The molecule has 2 aromatic rings. The summed E-state index contributed by atoms with van der Waals surface area (Å²) >= 11 is 6.05. The van der Waals surface area contributed by atoms with Crippen molar-refractivity contribution < 1.29 is 28.5 Å². The molecule has 10 heteroatoms. The number of unbranched alkanes of at least 4 members (excludes halogenated alkanes) is 1. The summed E-state index contributed by atoms with van der Waals surface area (Å²) in [5, 5.41) is 6.89. The highest BCUT2D eigenvalue weighted by molar-refractivity contribution is 7.99. The van der Waals surface area contributed by atoms with Gasteiger partial charge < -0.3 is 29.6 Å². The van der Waals surface area contributed by atoms with Gasteiger partial charge in [-0.25, -0.2) is 0 Å². The van der Waals surface area contributed by atoms with E-state index in [1.54, 1.807) is 17.8 Å². The van der Waals surface area contributed by atoms with Crippen LogP contribution in [-0.2, 0) is 14.3 Å². The van der Waals surface area contributed by atoms with Crippen molar-refractivity contribution in [3.63, 3.8) is 0 Å². The van der Waals surface area contributed by atoms with Gasteiger partial charge in [0, 0.05) is 48.6 Å². The molecule has 0 aromatic heterocycles. The van der Waals surface area contributed by atoms with Gasteiger partial charge >= 0.3 is 0 Å². The summed E-state index contributed by atoms with van der Waals surface area (Å²) in [7, 11) is 0. The van der Waals surface area contributed by atoms with E-state index in [0.717, 1.165) is 30.0 Å². The van der Waals surface area contributed by atoms with Gasteiger partial charge in [-0.3, -0.25) is 9.59 Å². The standard InChI is InChI=1S/C32H48N2O6S2/c1-23(2)31(35)21-40-30-13-9-12-29(19-30)39-17-14-33-26(5)42-22-24(3)32(36)20-37-15-6-7-16-38-28-11-8-10-27(18-28)34-25(4)41/h8-13,18-19,23-26,33-34,41H,6-7,14-17,20-22H2,1-5H3. The van der Waals surface area contributed by atoms with E-state index >= 15 is 0 Å². The number of rotatable bonds is 23. The third kappa shape index (κ3) is 15.7. The van der Waals surface area contributed by atoms with Crippen LogP contribution in [0.4, 0.5) is 5.69 Å². The predicted octanol–water partition coefficient (Wildman–Crippen LogP) is 6.11.